The van der Waals surface area contributed by atoms with Crippen LogP contribution in [0.5, 0.6) is 0 Å². The van der Waals surface area contributed by atoms with E-state index in [2.05, 4.69) is 15.3 Å². The standard InChI is InChI=1S/C34H29N5O3/c1-23(32-37-28-12-5-6-13-29(28)38-32)39(34(41)25-9-3-2-4-10-25)27-16-14-24(15-17-27)30-18-19-31(42-30)33(40)36-22-20-26-11-7-8-21-35-26/h2-19,21,23H,20,22H2,1H3,(H,36,40)(H,37,38). The molecule has 0 radical (unpaired) electrons. The van der Waals surface area contributed by atoms with Gasteiger partial charge in [-0.3, -0.25) is 19.5 Å². The first-order valence-corrected chi connectivity index (χ1v) is 13.8. The fourth-order valence-corrected chi connectivity index (χ4v) is 4.87. The Morgan fingerprint density at radius 3 is 2.40 bits per heavy atom. The number of fused-ring (bicyclic) bond motifs is 1. The molecule has 0 fully saturated rings. The summed E-state index contributed by atoms with van der Waals surface area (Å²) in [5, 5.41) is 2.88. The van der Waals surface area contributed by atoms with Crippen LogP contribution in [0.25, 0.3) is 22.4 Å². The molecule has 3 aromatic heterocycles. The van der Waals surface area contributed by atoms with Crippen LogP contribution in [-0.2, 0) is 6.42 Å². The van der Waals surface area contributed by atoms with E-state index in [1.54, 1.807) is 35.4 Å². The Balaban J connectivity index is 1.22. The number of hydrogen-bond acceptors (Lipinski definition) is 5. The summed E-state index contributed by atoms with van der Waals surface area (Å²) >= 11 is 0. The van der Waals surface area contributed by atoms with Crippen molar-refractivity contribution in [2.45, 2.75) is 19.4 Å². The van der Waals surface area contributed by atoms with Gasteiger partial charge in [0.25, 0.3) is 11.8 Å². The summed E-state index contributed by atoms with van der Waals surface area (Å²) in [5.74, 6) is 1.05. The number of hydrogen-bond donors (Lipinski definition) is 2. The van der Waals surface area contributed by atoms with Crippen molar-refractivity contribution in [3.8, 4) is 11.3 Å². The molecule has 1 atom stereocenters. The number of anilines is 1. The fraction of sp³-hybridized carbons (Fsp3) is 0.118. The first kappa shape index (κ1) is 26.7. The Bertz CT molecular complexity index is 1780. The van der Waals surface area contributed by atoms with Crippen molar-refractivity contribution in [1.29, 1.82) is 0 Å². The summed E-state index contributed by atoms with van der Waals surface area (Å²) in [6.45, 7) is 2.41. The molecule has 3 aromatic carbocycles. The molecule has 8 heteroatoms. The Labute approximate surface area is 243 Å². The van der Waals surface area contributed by atoms with Gasteiger partial charge < -0.3 is 14.7 Å². The van der Waals surface area contributed by atoms with Crippen LogP contribution in [-0.4, -0.2) is 33.3 Å². The van der Waals surface area contributed by atoms with E-state index in [9.17, 15) is 9.59 Å². The van der Waals surface area contributed by atoms with Crippen LogP contribution in [0.15, 0.2) is 120 Å². The van der Waals surface area contributed by atoms with Crippen LogP contribution in [0.2, 0.25) is 0 Å². The quantitative estimate of drug-likeness (QED) is 0.209. The van der Waals surface area contributed by atoms with Crippen molar-refractivity contribution in [2.75, 3.05) is 11.4 Å². The maximum absolute atomic E-state index is 13.8. The highest BCUT2D eigenvalue weighted by Gasteiger charge is 2.27. The van der Waals surface area contributed by atoms with Crippen molar-refractivity contribution in [3.63, 3.8) is 0 Å². The highest BCUT2D eigenvalue weighted by molar-refractivity contribution is 6.06. The van der Waals surface area contributed by atoms with E-state index in [0.29, 0.717) is 35.8 Å². The molecule has 0 bridgehead atoms. The third-order valence-corrected chi connectivity index (χ3v) is 7.08. The highest BCUT2D eigenvalue weighted by Crippen LogP contribution is 2.31. The van der Waals surface area contributed by atoms with E-state index in [1.807, 2.05) is 91.9 Å². The summed E-state index contributed by atoms with van der Waals surface area (Å²) in [6.07, 6.45) is 2.36. The molecule has 0 saturated carbocycles. The van der Waals surface area contributed by atoms with Gasteiger partial charge in [0, 0.05) is 41.7 Å². The Hall–Kier alpha value is -5.50. The van der Waals surface area contributed by atoms with Gasteiger partial charge in [-0.25, -0.2) is 4.98 Å². The number of H-pyrrole nitrogens is 1. The topological polar surface area (TPSA) is 104 Å². The number of imidazole rings is 1. The number of furan rings is 1. The van der Waals surface area contributed by atoms with E-state index in [4.69, 9.17) is 9.40 Å². The monoisotopic (exact) mass is 555 g/mol. The maximum Gasteiger partial charge on any atom is 0.287 e. The molecule has 0 aliphatic carbocycles. The third kappa shape index (κ3) is 5.69. The van der Waals surface area contributed by atoms with Crippen LogP contribution in [0.3, 0.4) is 0 Å². The average Bonchev–Trinajstić information content (AvgIpc) is 3.71. The summed E-state index contributed by atoms with van der Waals surface area (Å²) in [6, 6.07) is 33.3. The lowest BCUT2D eigenvalue weighted by atomic mass is 10.1. The molecule has 0 saturated heterocycles. The summed E-state index contributed by atoms with van der Waals surface area (Å²) in [7, 11) is 0. The Morgan fingerprint density at radius 1 is 0.881 bits per heavy atom. The van der Waals surface area contributed by atoms with Crippen LogP contribution < -0.4 is 10.2 Å². The molecule has 0 spiro atoms. The zero-order valence-corrected chi connectivity index (χ0v) is 23.0. The van der Waals surface area contributed by atoms with E-state index >= 15 is 0 Å². The van der Waals surface area contributed by atoms with E-state index < -0.39 is 0 Å². The number of nitrogens with zero attached hydrogens (tertiary/aromatic N) is 3. The van der Waals surface area contributed by atoms with Gasteiger partial charge in [-0.05, 0) is 79.7 Å². The molecule has 1 unspecified atom stereocenters. The molecule has 42 heavy (non-hydrogen) atoms. The number of aromatic amines is 1. The minimum absolute atomic E-state index is 0.140. The second-order valence-corrected chi connectivity index (χ2v) is 9.89. The van der Waals surface area contributed by atoms with Crippen molar-refractivity contribution >= 4 is 28.5 Å². The zero-order valence-electron chi connectivity index (χ0n) is 23.0. The van der Waals surface area contributed by atoms with Crippen LogP contribution in [0, 0.1) is 0 Å². The predicted molar refractivity (Wildman–Crippen MR) is 162 cm³/mol. The molecule has 3 heterocycles. The van der Waals surface area contributed by atoms with Gasteiger partial charge in [-0.1, -0.05) is 36.4 Å². The average molecular weight is 556 g/mol. The first-order chi connectivity index (χ1) is 20.6. The highest BCUT2D eigenvalue weighted by atomic mass is 16.3. The third-order valence-electron chi connectivity index (χ3n) is 7.08. The maximum atomic E-state index is 13.8. The van der Waals surface area contributed by atoms with Gasteiger partial charge in [0.05, 0.1) is 17.1 Å². The lowest BCUT2D eigenvalue weighted by Crippen LogP contribution is -2.34. The molecule has 6 aromatic rings. The van der Waals surface area contributed by atoms with E-state index in [0.717, 1.165) is 22.3 Å². The zero-order chi connectivity index (χ0) is 28.9. The number of para-hydroxylation sites is 2. The molecule has 208 valence electrons. The molecule has 0 aliphatic rings. The second kappa shape index (κ2) is 11.9. The molecule has 2 amide bonds. The van der Waals surface area contributed by atoms with E-state index in [-0.39, 0.29) is 23.6 Å². The summed E-state index contributed by atoms with van der Waals surface area (Å²) in [4.78, 5) is 40.6. The lowest BCUT2D eigenvalue weighted by Gasteiger charge is -2.28. The SMILES string of the molecule is CC(c1nc2ccccc2[nH]1)N(C(=O)c1ccccc1)c1ccc(-c2ccc(C(=O)NCCc3ccccn3)o2)cc1. The molecule has 6 rings (SSSR count). The number of pyridine rings is 1. The van der Waals surface area contributed by atoms with Crippen LogP contribution in [0.4, 0.5) is 5.69 Å². The van der Waals surface area contributed by atoms with Crippen molar-refractivity contribution < 1.29 is 14.0 Å². The van der Waals surface area contributed by atoms with Crippen molar-refractivity contribution in [3.05, 3.63) is 138 Å². The van der Waals surface area contributed by atoms with Gasteiger partial charge in [-0.15, -0.1) is 0 Å². The number of benzene rings is 3. The smallest absolute Gasteiger partial charge is 0.287 e. The first-order valence-electron chi connectivity index (χ1n) is 13.8. The number of carbonyl (C=O) groups is 2. The number of rotatable bonds is 9. The van der Waals surface area contributed by atoms with Crippen LogP contribution in [0.1, 0.15) is 45.4 Å². The predicted octanol–water partition coefficient (Wildman–Crippen LogP) is 6.60. The minimum Gasteiger partial charge on any atom is -0.451 e. The largest absolute Gasteiger partial charge is 0.451 e. The molecular weight excluding hydrogens is 526 g/mol. The van der Waals surface area contributed by atoms with E-state index in [1.165, 1.54) is 0 Å². The molecule has 0 aliphatic heterocycles. The molecule has 8 nitrogen and oxygen atoms in total. The lowest BCUT2D eigenvalue weighted by molar-refractivity contribution is 0.0926. The Morgan fingerprint density at radius 2 is 1.64 bits per heavy atom. The van der Waals surface area contributed by atoms with Gasteiger partial charge in [0.1, 0.15) is 11.6 Å². The van der Waals surface area contributed by atoms with Gasteiger partial charge in [0.2, 0.25) is 0 Å². The number of carbonyl (C=O) groups excluding carboxylic acids is 2. The molecular formula is C34H29N5O3. The fourth-order valence-electron chi connectivity index (χ4n) is 4.87. The Kier molecular flexibility index (Phi) is 7.59. The number of amides is 2. The number of nitrogens with one attached hydrogen (secondary N) is 2. The summed E-state index contributed by atoms with van der Waals surface area (Å²) < 4.78 is 5.88. The van der Waals surface area contributed by atoms with Crippen molar-refractivity contribution in [2.24, 2.45) is 0 Å². The van der Waals surface area contributed by atoms with Crippen molar-refractivity contribution in [1.82, 2.24) is 20.3 Å². The summed E-state index contributed by atoms with van der Waals surface area (Å²) in [5.41, 5.74) is 4.74. The second-order valence-electron chi connectivity index (χ2n) is 9.89. The minimum atomic E-state index is -0.374. The normalized spacial score (nSPS) is 11.7. The van der Waals surface area contributed by atoms with Crippen LogP contribution >= 0.6 is 0 Å². The van der Waals surface area contributed by atoms with Gasteiger partial charge in [0.15, 0.2) is 5.76 Å². The number of aromatic nitrogens is 3. The van der Waals surface area contributed by atoms with Gasteiger partial charge in [-0.2, -0.15) is 0 Å². The molecule has 2 N–H and O–H groups in total. The van der Waals surface area contributed by atoms with Gasteiger partial charge >= 0.3 is 0 Å².